The maximum Gasteiger partial charge on any atom is 0.163 e. The summed E-state index contributed by atoms with van der Waals surface area (Å²) in [5.74, 6) is 5.98. The summed E-state index contributed by atoms with van der Waals surface area (Å²) in [4.78, 5) is 5.61. The Kier molecular flexibility index (Phi) is 3.07. The van der Waals surface area contributed by atoms with E-state index in [1.165, 1.54) is 4.68 Å². The number of nitrogens with two attached hydrogens (primary N) is 1. The number of nitriles is 1. The Morgan fingerprint density at radius 1 is 1.38 bits per heavy atom. The number of nitrogens with one attached hydrogen (secondary N) is 1. The van der Waals surface area contributed by atoms with Crippen LogP contribution in [0.2, 0.25) is 0 Å². The maximum absolute atomic E-state index is 9.29. The number of hydrogen-bond acceptors (Lipinski definition) is 5. The number of rotatable bonds is 1. The van der Waals surface area contributed by atoms with E-state index in [9.17, 15) is 5.26 Å². The van der Waals surface area contributed by atoms with E-state index < -0.39 is 0 Å². The molecule has 3 N–H and O–H groups in total. The highest BCUT2D eigenvalue weighted by atomic mass is 32.2. The SMILES string of the molecule is CSc1c2ccccc2nc2c1c(C)c(C#N)c(=N)n2N. The van der Waals surface area contributed by atoms with Crippen molar-refractivity contribution in [2.75, 3.05) is 12.1 Å². The van der Waals surface area contributed by atoms with Crippen LogP contribution in [0.1, 0.15) is 11.1 Å². The van der Waals surface area contributed by atoms with E-state index >= 15 is 0 Å². The molecule has 3 rings (SSSR count). The van der Waals surface area contributed by atoms with E-state index in [1.54, 1.807) is 11.8 Å². The number of pyridine rings is 2. The molecule has 21 heavy (non-hydrogen) atoms. The highest BCUT2D eigenvalue weighted by Crippen LogP contribution is 2.34. The molecule has 0 fully saturated rings. The summed E-state index contributed by atoms with van der Waals surface area (Å²) in [6, 6.07) is 9.89. The fourth-order valence-electron chi connectivity index (χ4n) is 2.56. The van der Waals surface area contributed by atoms with Crippen molar-refractivity contribution in [3.05, 3.63) is 40.9 Å². The molecule has 3 aromatic rings. The molecule has 2 heterocycles. The second kappa shape index (κ2) is 4.79. The molecule has 0 atom stereocenters. The predicted molar refractivity (Wildman–Crippen MR) is 84.5 cm³/mol. The average molecular weight is 295 g/mol. The van der Waals surface area contributed by atoms with Crippen LogP contribution in [0.3, 0.4) is 0 Å². The first kappa shape index (κ1) is 13.5. The van der Waals surface area contributed by atoms with Crippen molar-refractivity contribution in [1.82, 2.24) is 9.66 Å². The Morgan fingerprint density at radius 2 is 2.10 bits per heavy atom. The van der Waals surface area contributed by atoms with Gasteiger partial charge in [-0.05, 0) is 24.8 Å². The zero-order valence-electron chi connectivity index (χ0n) is 11.6. The van der Waals surface area contributed by atoms with Crippen molar-refractivity contribution in [3.63, 3.8) is 0 Å². The molecule has 0 aliphatic heterocycles. The van der Waals surface area contributed by atoms with Gasteiger partial charge in [-0.25, -0.2) is 9.66 Å². The molecule has 0 aliphatic rings. The maximum atomic E-state index is 9.29. The third-order valence-corrected chi connectivity index (χ3v) is 4.43. The third kappa shape index (κ3) is 1.78. The highest BCUT2D eigenvalue weighted by Gasteiger charge is 2.17. The fraction of sp³-hybridized carbons (Fsp3) is 0.133. The molecule has 0 aliphatic carbocycles. The molecule has 5 nitrogen and oxygen atoms in total. The quantitative estimate of drug-likeness (QED) is 0.409. The van der Waals surface area contributed by atoms with Crippen molar-refractivity contribution in [2.45, 2.75) is 11.8 Å². The fourth-order valence-corrected chi connectivity index (χ4v) is 3.40. The number of nitrogens with zero attached hydrogens (tertiary/aromatic N) is 3. The van der Waals surface area contributed by atoms with E-state index in [-0.39, 0.29) is 11.1 Å². The second-order valence-corrected chi connectivity index (χ2v) is 5.51. The Labute approximate surface area is 125 Å². The summed E-state index contributed by atoms with van der Waals surface area (Å²) in [5, 5.41) is 19.2. The minimum Gasteiger partial charge on any atom is -0.336 e. The molecule has 1 aromatic carbocycles. The standard InChI is InChI=1S/C15H13N5S/c1-8-10(7-16)14(17)20(18)15-12(8)13(21-2)9-5-3-4-6-11(9)19-15/h3-6,17H,18H2,1-2H3. The van der Waals surface area contributed by atoms with Crippen LogP contribution < -0.4 is 11.3 Å². The number of fused-ring (bicyclic) bond motifs is 2. The van der Waals surface area contributed by atoms with Gasteiger partial charge in [-0.1, -0.05) is 18.2 Å². The lowest BCUT2D eigenvalue weighted by atomic mass is 10.1. The van der Waals surface area contributed by atoms with Gasteiger partial charge in [-0.15, -0.1) is 11.8 Å². The minimum absolute atomic E-state index is 0.0164. The summed E-state index contributed by atoms with van der Waals surface area (Å²) in [6.07, 6.45) is 1.99. The minimum atomic E-state index is -0.0164. The van der Waals surface area contributed by atoms with E-state index in [2.05, 4.69) is 11.1 Å². The number of para-hydroxylation sites is 1. The third-order valence-electron chi connectivity index (χ3n) is 3.60. The van der Waals surface area contributed by atoms with Gasteiger partial charge in [-0.3, -0.25) is 5.41 Å². The van der Waals surface area contributed by atoms with Gasteiger partial charge in [0.25, 0.3) is 0 Å². The first-order chi connectivity index (χ1) is 10.1. The molecule has 0 saturated carbocycles. The van der Waals surface area contributed by atoms with Crippen LogP contribution in [0.15, 0.2) is 29.2 Å². The first-order valence-corrected chi connectivity index (χ1v) is 7.54. The van der Waals surface area contributed by atoms with Crippen molar-refractivity contribution in [2.24, 2.45) is 0 Å². The lowest BCUT2D eigenvalue weighted by Crippen LogP contribution is -2.31. The van der Waals surface area contributed by atoms with Crippen molar-refractivity contribution in [3.8, 4) is 6.07 Å². The summed E-state index contributed by atoms with van der Waals surface area (Å²) < 4.78 is 1.19. The predicted octanol–water partition coefficient (Wildman–Crippen LogP) is 2.28. The molecule has 0 saturated heterocycles. The van der Waals surface area contributed by atoms with Crippen LogP contribution in [0.25, 0.3) is 21.9 Å². The van der Waals surface area contributed by atoms with Crippen LogP contribution in [0.5, 0.6) is 0 Å². The van der Waals surface area contributed by atoms with Crippen molar-refractivity contribution in [1.29, 1.82) is 10.7 Å². The van der Waals surface area contributed by atoms with E-state index in [4.69, 9.17) is 11.3 Å². The lowest BCUT2D eigenvalue weighted by Gasteiger charge is -2.14. The molecule has 2 aromatic heterocycles. The van der Waals surface area contributed by atoms with Gasteiger partial charge in [0.1, 0.15) is 6.07 Å². The normalized spacial score (nSPS) is 10.9. The smallest absolute Gasteiger partial charge is 0.163 e. The van der Waals surface area contributed by atoms with Crippen molar-refractivity contribution < 1.29 is 0 Å². The Balaban J connectivity index is 2.71. The number of thioether (sulfide) groups is 1. The molecule has 0 radical (unpaired) electrons. The van der Waals surface area contributed by atoms with Gasteiger partial charge in [0, 0.05) is 15.7 Å². The molecular formula is C15H13N5S. The van der Waals surface area contributed by atoms with Gasteiger partial charge in [0.05, 0.1) is 11.1 Å². The summed E-state index contributed by atoms with van der Waals surface area (Å²) >= 11 is 1.60. The number of nitrogen functional groups attached to an aromatic ring is 1. The molecule has 0 spiro atoms. The highest BCUT2D eigenvalue weighted by molar-refractivity contribution is 7.99. The average Bonchev–Trinajstić information content (AvgIpc) is 2.51. The summed E-state index contributed by atoms with van der Waals surface area (Å²) in [7, 11) is 0. The number of aryl methyl sites for hydroxylation is 1. The zero-order valence-corrected chi connectivity index (χ0v) is 12.5. The van der Waals surface area contributed by atoms with Crippen LogP contribution in [0.4, 0.5) is 0 Å². The molecule has 6 heteroatoms. The molecule has 0 amide bonds. The molecule has 104 valence electrons. The summed E-state index contributed by atoms with van der Waals surface area (Å²) in [6.45, 7) is 1.84. The topological polar surface area (TPSA) is 91.5 Å². The van der Waals surface area contributed by atoms with Crippen LogP contribution in [0, 0.1) is 23.7 Å². The number of aromatic nitrogens is 2. The van der Waals surface area contributed by atoms with E-state index in [0.717, 1.165) is 26.7 Å². The van der Waals surface area contributed by atoms with Crippen LogP contribution >= 0.6 is 11.8 Å². The van der Waals surface area contributed by atoms with Gasteiger partial charge in [0.15, 0.2) is 11.1 Å². The van der Waals surface area contributed by atoms with Gasteiger partial charge >= 0.3 is 0 Å². The van der Waals surface area contributed by atoms with Gasteiger partial charge in [-0.2, -0.15) is 5.26 Å². The van der Waals surface area contributed by atoms with E-state index in [0.29, 0.717) is 5.65 Å². The summed E-state index contributed by atoms with van der Waals surface area (Å²) in [5.41, 5.74) is 2.38. The van der Waals surface area contributed by atoms with Gasteiger partial charge < -0.3 is 5.84 Å². The molecule has 0 bridgehead atoms. The Morgan fingerprint density at radius 3 is 2.76 bits per heavy atom. The molecule has 0 unspecified atom stereocenters. The van der Waals surface area contributed by atoms with Crippen LogP contribution in [-0.4, -0.2) is 15.9 Å². The number of hydrogen-bond donors (Lipinski definition) is 2. The number of benzene rings is 1. The van der Waals surface area contributed by atoms with Crippen LogP contribution in [-0.2, 0) is 0 Å². The van der Waals surface area contributed by atoms with Gasteiger partial charge in [0.2, 0.25) is 0 Å². The van der Waals surface area contributed by atoms with E-state index in [1.807, 2.05) is 37.4 Å². The lowest BCUT2D eigenvalue weighted by molar-refractivity contribution is 0.894. The zero-order chi connectivity index (χ0) is 15.1. The molecular weight excluding hydrogens is 282 g/mol. The monoisotopic (exact) mass is 295 g/mol. The van der Waals surface area contributed by atoms with Crippen molar-refractivity contribution >= 4 is 33.7 Å². The largest absolute Gasteiger partial charge is 0.336 e. The Hall–Kier alpha value is -2.52. The first-order valence-electron chi connectivity index (χ1n) is 6.32. The second-order valence-electron chi connectivity index (χ2n) is 4.69. The Bertz CT molecular complexity index is 981.